The number of rotatable bonds is 8. The van der Waals surface area contributed by atoms with Crippen LogP contribution in [0.2, 0.25) is 0 Å². The van der Waals surface area contributed by atoms with Crippen molar-refractivity contribution < 1.29 is 9.53 Å². The molecule has 1 amide bonds. The van der Waals surface area contributed by atoms with E-state index in [1.54, 1.807) is 18.7 Å². The molecule has 0 aliphatic carbocycles. The Hall–Kier alpha value is -4.46. The monoisotopic (exact) mass is 480 g/mol. The second kappa shape index (κ2) is 10.0. The van der Waals surface area contributed by atoms with Crippen LogP contribution in [0.25, 0.3) is 22.3 Å². The number of benzene rings is 2. The number of hydrogen-bond donors (Lipinski definition) is 1. The van der Waals surface area contributed by atoms with Crippen LogP contribution in [0.5, 0.6) is 5.75 Å². The van der Waals surface area contributed by atoms with Gasteiger partial charge in [0.2, 0.25) is 0 Å². The van der Waals surface area contributed by atoms with E-state index in [0.29, 0.717) is 41.2 Å². The average Bonchev–Trinajstić information content (AvgIpc) is 3.55. The average molecular weight is 481 g/mol. The number of aromatic nitrogens is 5. The molecule has 0 radical (unpaired) electrons. The maximum Gasteiger partial charge on any atom is 0.256 e. The number of anilines is 1. The number of nitrogens with one attached hydrogen (secondary N) is 1. The molecule has 8 heteroatoms. The molecular formula is C28H28N6O2. The van der Waals surface area contributed by atoms with Crippen molar-refractivity contribution >= 4 is 22.6 Å². The molecule has 1 N–H and O–H groups in total. The molecule has 5 aromatic rings. The molecule has 0 aliphatic rings. The number of hydrogen-bond acceptors (Lipinski definition) is 5. The maximum absolute atomic E-state index is 13.6. The molecule has 0 atom stereocenters. The van der Waals surface area contributed by atoms with Gasteiger partial charge in [-0.1, -0.05) is 42.0 Å². The van der Waals surface area contributed by atoms with E-state index >= 15 is 0 Å². The van der Waals surface area contributed by atoms with Gasteiger partial charge in [0, 0.05) is 24.0 Å². The minimum absolute atomic E-state index is 0.101. The fourth-order valence-corrected chi connectivity index (χ4v) is 4.02. The van der Waals surface area contributed by atoms with Gasteiger partial charge in [0.25, 0.3) is 5.91 Å². The van der Waals surface area contributed by atoms with E-state index < -0.39 is 0 Å². The third-order valence-corrected chi connectivity index (χ3v) is 5.95. The number of aryl methyl sites for hydroxylation is 1. The van der Waals surface area contributed by atoms with E-state index in [9.17, 15) is 4.79 Å². The van der Waals surface area contributed by atoms with Crippen LogP contribution >= 0.6 is 0 Å². The number of para-hydroxylation sites is 2. The van der Waals surface area contributed by atoms with E-state index in [0.717, 1.165) is 16.8 Å². The third-order valence-electron chi connectivity index (χ3n) is 5.95. The number of amides is 1. The van der Waals surface area contributed by atoms with Crippen molar-refractivity contribution in [1.82, 2.24) is 24.3 Å². The lowest BCUT2D eigenvalue weighted by atomic mass is 10.0. The van der Waals surface area contributed by atoms with Crippen molar-refractivity contribution in [1.29, 1.82) is 0 Å². The third kappa shape index (κ3) is 4.84. The second-order valence-corrected chi connectivity index (χ2v) is 8.94. The zero-order chi connectivity index (χ0) is 25.1. The van der Waals surface area contributed by atoms with Crippen molar-refractivity contribution in [2.45, 2.75) is 33.4 Å². The first kappa shape index (κ1) is 23.3. The number of pyridine rings is 1. The summed E-state index contributed by atoms with van der Waals surface area (Å²) in [5.74, 6) is 0.359. The minimum Gasteiger partial charge on any atom is -0.490 e. The Kier molecular flexibility index (Phi) is 6.49. The molecule has 8 nitrogen and oxygen atoms in total. The summed E-state index contributed by atoms with van der Waals surface area (Å²) in [6.45, 7) is 7.23. The van der Waals surface area contributed by atoms with E-state index in [4.69, 9.17) is 9.72 Å². The van der Waals surface area contributed by atoms with Crippen LogP contribution in [0.3, 0.4) is 0 Å². The standard InChI is InChI=1S/C28H28N6O2/c1-19(2)34-27-23(17-30-34)22(16-25(31-27)21-10-8-20(3)9-11-21)28(35)32-24-6-4-5-7-26(24)36-15-14-33-13-12-29-18-33/h4-13,16-19H,14-15H2,1-3H3,(H,32,35). The van der Waals surface area contributed by atoms with Crippen LogP contribution in [-0.4, -0.2) is 36.8 Å². The van der Waals surface area contributed by atoms with Gasteiger partial charge in [-0.15, -0.1) is 0 Å². The lowest BCUT2D eigenvalue weighted by Crippen LogP contribution is -2.15. The van der Waals surface area contributed by atoms with Crippen molar-refractivity contribution in [3.05, 3.63) is 90.6 Å². The van der Waals surface area contributed by atoms with Crippen LogP contribution in [0.1, 0.15) is 35.8 Å². The van der Waals surface area contributed by atoms with Crippen LogP contribution in [-0.2, 0) is 6.54 Å². The van der Waals surface area contributed by atoms with Gasteiger partial charge in [0.15, 0.2) is 5.65 Å². The molecule has 182 valence electrons. The van der Waals surface area contributed by atoms with Crippen LogP contribution in [0.15, 0.2) is 79.5 Å². The quantitative estimate of drug-likeness (QED) is 0.316. The van der Waals surface area contributed by atoms with Gasteiger partial charge in [-0.3, -0.25) is 4.79 Å². The topological polar surface area (TPSA) is 86.9 Å². The fraction of sp³-hybridized carbons (Fsp3) is 0.214. The predicted molar refractivity (Wildman–Crippen MR) is 140 cm³/mol. The van der Waals surface area contributed by atoms with Crippen molar-refractivity contribution in [2.24, 2.45) is 0 Å². The highest BCUT2D eigenvalue weighted by Crippen LogP contribution is 2.29. The highest BCUT2D eigenvalue weighted by Gasteiger charge is 2.19. The van der Waals surface area contributed by atoms with Crippen LogP contribution in [0.4, 0.5) is 5.69 Å². The van der Waals surface area contributed by atoms with E-state index in [1.807, 2.05) is 90.8 Å². The summed E-state index contributed by atoms with van der Waals surface area (Å²) in [5, 5.41) is 8.26. The van der Waals surface area contributed by atoms with Gasteiger partial charge in [-0.25, -0.2) is 14.6 Å². The van der Waals surface area contributed by atoms with Crippen molar-refractivity contribution in [3.8, 4) is 17.0 Å². The molecule has 0 saturated carbocycles. The minimum atomic E-state index is -0.246. The molecule has 3 heterocycles. The van der Waals surface area contributed by atoms with Gasteiger partial charge >= 0.3 is 0 Å². The maximum atomic E-state index is 13.6. The zero-order valence-corrected chi connectivity index (χ0v) is 20.5. The van der Waals surface area contributed by atoms with Crippen LogP contribution in [0, 0.1) is 6.92 Å². The number of imidazole rings is 1. The Morgan fingerprint density at radius 1 is 1.11 bits per heavy atom. The zero-order valence-electron chi connectivity index (χ0n) is 20.5. The number of fused-ring (bicyclic) bond motifs is 1. The molecule has 0 unspecified atom stereocenters. The Balaban J connectivity index is 1.47. The molecule has 0 spiro atoms. The summed E-state index contributed by atoms with van der Waals surface area (Å²) in [4.78, 5) is 22.5. The lowest BCUT2D eigenvalue weighted by molar-refractivity contribution is 0.102. The van der Waals surface area contributed by atoms with Gasteiger partial charge < -0.3 is 14.6 Å². The summed E-state index contributed by atoms with van der Waals surface area (Å²) in [7, 11) is 0. The first-order valence-corrected chi connectivity index (χ1v) is 11.9. The number of carbonyl (C=O) groups excluding carboxylic acids is 1. The summed E-state index contributed by atoms with van der Waals surface area (Å²) in [5.41, 5.74) is 4.62. The van der Waals surface area contributed by atoms with Gasteiger partial charge in [0.05, 0.1) is 41.4 Å². The number of nitrogens with zero attached hydrogens (tertiary/aromatic N) is 5. The van der Waals surface area contributed by atoms with E-state index in [-0.39, 0.29) is 11.9 Å². The van der Waals surface area contributed by atoms with Crippen LogP contribution < -0.4 is 10.1 Å². The molecule has 36 heavy (non-hydrogen) atoms. The Morgan fingerprint density at radius 2 is 1.92 bits per heavy atom. The summed E-state index contributed by atoms with van der Waals surface area (Å²) in [6.07, 6.45) is 7.07. The molecule has 2 aromatic carbocycles. The molecule has 0 bridgehead atoms. The molecular weight excluding hydrogens is 452 g/mol. The highest BCUT2D eigenvalue weighted by atomic mass is 16.5. The molecule has 0 saturated heterocycles. The Morgan fingerprint density at radius 3 is 2.67 bits per heavy atom. The summed E-state index contributed by atoms with van der Waals surface area (Å²) in [6, 6.07) is 17.5. The van der Waals surface area contributed by atoms with Crippen molar-refractivity contribution in [3.63, 3.8) is 0 Å². The van der Waals surface area contributed by atoms with Crippen molar-refractivity contribution in [2.75, 3.05) is 11.9 Å². The number of ether oxygens (including phenoxy) is 1. The highest BCUT2D eigenvalue weighted by molar-refractivity contribution is 6.13. The number of carbonyl (C=O) groups is 1. The van der Waals surface area contributed by atoms with E-state index in [1.165, 1.54) is 0 Å². The lowest BCUT2D eigenvalue weighted by Gasteiger charge is -2.14. The van der Waals surface area contributed by atoms with Gasteiger partial charge in [-0.05, 0) is 39.0 Å². The van der Waals surface area contributed by atoms with E-state index in [2.05, 4.69) is 15.4 Å². The fourth-order valence-electron chi connectivity index (χ4n) is 4.02. The first-order valence-electron chi connectivity index (χ1n) is 11.9. The molecule has 0 fully saturated rings. The largest absolute Gasteiger partial charge is 0.490 e. The normalized spacial score (nSPS) is 11.2. The van der Waals surface area contributed by atoms with Gasteiger partial charge in [-0.2, -0.15) is 5.10 Å². The van der Waals surface area contributed by atoms with Gasteiger partial charge in [0.1, 0.15) is 12.4 Å². The Bertz CT molecular complexity index is 1490. The summed E-state index contributed by atoms with van der Waals surface area (Å²) >= 11 is 0. The molecule has 5 rings (SSSR count). The molecule has 3 aromatic heterocycles. The molecule has 0 aliphatic heterocycles. The smallest absolute Gasteiger partial charge is 0.256 e. The predicted octanol–water partition coefficient (Wildman–Crippen LogP) is 5.52. The summed E-state index contributed by atoms with van der Waals surface area (Å²) < 4.78 is 9.76. The SMILES string of the molecule is Cc1ccc(-c2cc(C(=O)Nc3ccccc3OCCn3ccnc3)c3cnn(C(C)C)c3n2)cc1. The Labute approximate surface area is 209 Å². The second-order valence-electron chi connectivity index (χ2n) is 8.94. The first-order chi connectivity index (χ1) is 17.5.